The van der Waals surface area contributed by atoms with E-state index in [0.717, 1.165) is 21.4 Å². The van der Waals surface area contributed by atoms with Crippen molar-refractivity contribution in [1.82, 2.24) is 4.98 Å². The number of carboxylic acids is 1. The van der Waals surface area contributed by atoms with Gasteiger partial charge in [0.05, 0.1) is 28.1 Å². The predicted molar refractivity (Wildman–Crippen MR) is 127 cm³/mol. The Hall–Kier alpha value is -3.58. The average molecular weight is 475 g/mol. The minimum absolute atomic E-state index is 0.214. The Kier molecular flexibility index (Phi) is 5.77. The van der Waals surface area contributed by atoms with E-state index in [-0.39, 0.29) is 5.56 Å². The van der Waals surface area contributed by atoms with Crippen molar-refractivity contribution in [2.24, 2.45) is 10.2 Å². The van der Waals surface area contributed by atoms with Gasteiger partial charge in [-0.25, -0.2) is 9.78 Å². The fraction of sp³-hybridized carbons (Fsp3) is 0.0833. The minimum atomic E-state index is -0.988. The monoisotopic (exact) mass is 474 g/mol. The number of hydrogen-bond acceptors (Lipinski definition) is 5. The number of hydrogen-bond donors (Lipinski definition) is 1. The number of halogens is 1. The molecule has 0 radical (unpaired) electrons. The smallest absolute Gasteiger partial charge is 0.336 e. The van der Waals surface area contributed by atoms with Crippen molar-refractivity contribution in [2.45, 2.75) is 0 Å². The van der Waals surface area contributed by atoms with Crippen molar-refractivity contribution < 1.29 is 9.90 Å². The minimum Gasteiger partial charge on any atom is -0.478 e. The van der Waals surface area contributed by atoms with Crippen LogP contribution in [0.15, 0.2) is 87.5 Å². The third kappa shape index (κ3) is 4.62. The van der Waals surface area contributed by atoms with Crippen LogP contribution in [0.1, 0.15) is 10.4 Å². The highest BCUT2D eigenvalue weighted by Crippen LogP contribution is 2.29. The fourth-order valence-corrected chi connectivity index (χ4v) is 3.52. The maximum Gasteiger partial charge on any atom is 0.336 e. The number of carbonyl (C=O) groups is 1. The second kappa shape index (κ2) is 8.65. The van der Waals surface area contributed by atoms with Crippen LogP contribution in [0.5, 0.6) is 0 Å². The van der Waals surface area contributed by atoms with Crippen LogP contribution >= 0.6 is 15.9 Å². The molecule has 0 spiro atoms. The van der Waals surface area contributed by atoms with Crippen LogP contribution in [-0.4, -0.2) is 30.2 Å². The SMILES string of the molecule is CN(C)c1ccc(N=Nc2ccc(-c3cc(C(=O)O)c4cc(Br)ccc4n3)cc2)cc1. The number of aromatic nitrogens is 1. The second-order valence-electron chi connectivity index (χ2n) is 7.18. The van der Waals surface area contributed by atoms with Crippen LogP contribution in [0.2, 0.25) is 0 Å². The number of azo groups is 1. The van der Waals surface area contributed by atoms with Crippen LogP contribution in [0.3, 0.4) is 0 Å². The molecule has 0 saturated heterocycles. The molecular formula is C24H19BrN4O2. The highest BCUT2D eigenvalue weighted by Gasteiger charge is 2.13. The molecule has 7 heteroatoms. The summed E-state index contributed by atoms with van der Waals surface area (Å²) in [6.07, 6.45) is 0. The Morgan fingerprint density at radius 3 is 2.10 bits per heavy atom. The van der Waals surface area contributed by atoms with E-state index >= 15 is 0 Å². The normalized spacial score (nSPS) is 11.2. The molecule has 4 aromatic rings. The Morgan fingerprint density at radius 1 is 0.903 bits per heavy atom. The van der Waals surface area contributed by atoms with Gasteiger partial charge in [0.2, 0.25) is 0 Å². The van der Waals surface area contributed by atoms with Crippen molar-refractivity contribution in [3.63, 3.8) is 0 Å². The topological polar surface area (TPSA) is 78.2 Å². The molecule has 0 unspecified atom stereocenters. The van der Waals surface area contributed by atoms with Gasteiger partial charge in [0.25, 0.3) is 0 Å². The first kappa shape index (κ1) is 20.7. The maximum absolute atomic E-state index is 11.8. The standard InChI is InChI=1S/C24H19BrN4O2/c1-29(2)19-10-8-18(9-11-19)28-27-17-6-3-15(4-7-17)23-14-21(24(30)31)20-13-16(25)5-12-22(20)26-23/h3-14H,1-2H3,(H,30,31). The number of pyridine rings is 1. The van der Waals surface area contributed by atoms with Gasteiger partial charge in [-0.1, -0.05) is 28.1 Å². The average Bonchev–Trinajstić information content (AvgIpc) is 2.77. The third-order valence-electron chi connectivity index (χ3n) is 4.81. The van der Waals surface area contributed by atoms with Crippen molar-refractivity contribution in [3.8, 4) is 11.3 Å². The summed E-state index contributed by atoms with van der Waals surface area (Å²) in [5.41, 5.74) is 4.80. The predicted octanol–water partition coefficient (Wildman–Crippen LogP) is 6.84. The lowest BCUT2D eigenvalue weighted by atomic mass is 10.0. The molecule has 0 amide bonds. The molecule has 1 heterocycles. The van der Waals surface area contributed by atoms with Gasteiger partial charge in [0, 0.05) is 35.2 Å². The van der Waals surface area contributed by atoms with E-state index in [4.69, 9.17) is 0 Å². The molecule has 0 bridgehead atoms. The number of rotatable bonds is 5. The molecule has 0 atom stereocenters. The number of nitrogens with zero attached hydrogens (tertiary/aromatic N) is 4. The first-order valence-electron chi connectivity index (χ1n) is 9.54. The van der Waals surface area contributed by atoms with E-state index in [1.165, 1.54) is 0 Å². The van der Waals surface area contributed by atoms with Crippen molar-refractivity contribution in [1.29, 1.82) is 0 Å². The number of benzene rings is 3. The zero-order valence-electron chi connectivity index (χ0n) is 17.0. The molecule has 0 saturated carbocycles. The Morgan fingerprint density at radius 2 is 1.52 bits per heavy atom. The molecule has 6 nitrogen and oxygen atoms in total. The first-order valence-corrected chi connectivity index (χ1v) is 10.3. The molecule has 154 valence electrons. The Labute approximate surface area is 188 Å². The van der Waals surface area contributed by atoms with E-state index in [1.807, 2.05) is 73.6 Å². The van der Waals surface area contributed by atoms with E-state index in [2.05, 4.69) is 31.1 Å². The highest BCUT2D eigenvalue weighted by atomic mass is 79.9. The van der Waals surface area contributed by atoms with E-state index in [9.17, 15) is 9.90 Å². The lowest BCUT2D eigenvalue weighted by Gasteiger charge is -2.11. The highest BCUT2D eigenvalue weighted by molar-refractivity contribution is 9.10. The van der Waals surface area contributed by atoms with Gasteiger partial charge >= 0.3 is 5.97 Å². The van der Waals surface area contributed by atoms with Gasteiger partial charge in [0.1, 0.15) is 0 Å². The first-order chi connectivity index (χ1) is 14.9. The number of anilines is 1. The van der Waals surface area contributed by atoms with Crippen molar-refractivity contribution >= 4 is 49.9 Å². The lowest BCUT2D eigenvalue weighted by molar-refractivity contribution is 0.0699. The Bertz CT molecular complexity index is 1280. The largest absolute Gasteiger partial charge is 0.478 e. The molecule has 31 heavy (non-hydrogen) atoms. The van der Waals surface area contributed by atoms with Gasteiger partial charge < -0.3 is 10.0 Å². The summed E-state index contributed by atoms with van der Waals surface area (Å²) >= 11 is 3.39. The zero-order chi connectivity index (χ0) is 22.0. The van der Waals surface area contributed by atoms with Crippen LogP contribution in [0, 0.1) is 0 Å². The van der Waals surface area contributed by atoms with Crippen molar-refractivity contribution in [3.05, 3.63) is 82.8 Å². The van der Waals surface area contributed by atoms with Gasteiger partial charge in [-0.3, -0.25) is 0 Å². The summed E-state index contributed by atoms with van der Waals surface area (Å²) in [6, 6.07) is 22.2. The zero-order valence-corrected chi connectivity index (χ0v) is 18.5. The summed E-state index contributed by atoms with van der Waals surface area (Å²) in [4.78, 5) is 18.4. The van der Waals surface area contributed by atoms with Gasteiger partial charge in [0.15, 0.2) is 0 Å². The second-order valence-corrected chi connectivity index (χ2v) is 8.10. The number of carboxylic acid groups (broad SMARTS) is 1. The van der Waals surface area contributed by atoms with E-state index < -0.39 is 5.97 Å². The molecule has 0 aliphatic rings. The van der Waals surface area contributed by atoms with Gasteiger partial charge in [-0.05, 0) is 60.7 Å². The molecule has 3 aromatic carbocycles. The molecular weight excluding hydrogens is 456 g/mol. The Balaban J connectivity index is 1.61. The molecule has 0 aliphatic heterocycles. The quantitative estimate of drug-likeness (QED) is 0.321. The van der Waals surface area contributed by atoms with E-state index in [0.29, 0.717) is 22.3 Å². The molecule has 0 fully saturated rings. The van der Waals surface area contributed by atoms with Crippen LogP contribution in [0.25, 0.3) is 22.2 Å². The third-order valence-corrected chi connectivity index (χ3v) is 5.30. The number of fused-ring (bicyclic) bond motifs is 1. The van der Waals surface area contributed by atoms with Crippen LogP contribution < -0.4 is 4.90 Å². The van der Waals surface area contributed by atoms with Gasteiger partial charge in [-0.2, -0.15) is 10.2 Å². The van der Waals surface area contributed by atoms with Crippen molar-refractivity contribution in [2.75, 3.05) is 19.0 Å². The molecule has 1 N–H and O–H groups in total. The van der Waals surface area contributed by atoms with Crippen LogP contribution in [-0.2, 0) is 0 Å². The molecule has 1 aromatic heterocycles. The number of aromatic carboxylic acids is 1. The summed E-state index contributed by atoms with van der Waals surface area (Å²) < 4.78 is 0.808. The lowest BCUT2D eigenvalue weighted by Crippen LogP contribution is -2.07. The summed E-state index contributed by atoms with van der Waals surface area (Å²) in [7, 11) is 3.97. The molecule has 4 rings (SSSR count). The molecule has 0 aliphatic carbocycles. The summed E-state index contributed by atoms with van der Waals surface area (Å²) in [5.74, 6) is -0.988. The summed E-state index contributed by atoms with van der Waals surface area (Å²) in [5, 5.41) is 18.8. The van der Waals surface area contributed by atoms with Gasteiger partial charge in [-0.15, -0.1) is 0 Å². The van der Waals surface area contributed by atoms with E-state index in [1.54, 1.807) is 18.2 Å². The summed E-state index contributed by atoms with van der Waals surface area (Å²) in [6.45, 7) is 0. The fourth-order valence-electron chi connectivity index (χ4n) is 3.15. The maximum atomic E-state index is 11.8. The van der Waals surface area contributed by atoms with Crippen LogP contribution in [0.4, 0.5) is 17.1 Å².